The van der Waals surface area contributed by atoms with Crippen molar-refractivity contribution in [1.29, 1.82) is 0 Å². The van der Waals surface area contributed by atoms with Gasteiger partial charge in [0.15, 0.2) is 0 Å². The number of H-pyrrole nitrogens is 1. The summed E-state index contributed by atoms with van der Waals surface area (Å²) in [6.07, 6.45) is 0. The first-order valence-corrected chi connectivity index (χ1v) is 5.34. The number of fused-ring (bicyclic) bond motifs is 3. The number of benzene rings is 2. The number of aromatic nitrogens is 1. The van der Waals surface area contributed by atoms with Crippen LogP contribution in [0.15, 0.2) is 47.3 Å². The van der Waals surface area contributed by atoms with E-state index in [1.165, 1.54) is 6.07 Å². The average Bonchev–Trinajstić information content (AvgIpc) is 2.28. The first-order chi connectivity index (χ1) is 7.75. The molecule has 1 heterocycles. The van der Waals surface area contributed by atoms with Crippen LogP contribution in [-0.2, 0) is 0 Å². The highest BCUT2D eigenvalue weighted by molar-refractivity contribution is 6.37. The lowest BCUT2D eigenvalue weighted by Gasteiger charge is -2.04. The van der Waals surface area contributed by atoms with E-state index in [1.807, 2.05) is 30.3 Å². The van der Waals surface area contributed by atoms with E-state index in [0.29, 0.717) is 5.02 Å². The highest BCUT2D eigenvalue weighted by atomic mass is 35.5. The quantitative estimate of drug-likeness (QED) is 0.590. The Labute approximate surface area is 96.5 Å². The van der Waals surface area contributed by atoms with Crippen LogP contribution in [-0.4, -0.2) is 4.98 Å². The van der Waals surface area contributed by atoms with E-state index in [1.54, 1.807) is 6.07 Å². The molecule has 3 rings (SSSR count). The largest absolute Gasteiger partial charge is 0.321 e. The van der Waals surface area contributed by atoms with Crippen LogP contribution < -0.4 is 5.56 Å². The van der Waals surface area contributed by atoms with Crippen LogP contribution in [0.4, 0.5) is 0 Å². The predicted octanol–water partition coefficient (Wildman–Crippen LogP) is 3.33. The van der Waals surface area contributed by atoms with Crippen molar-refractivity contribution >= 4 is 33.3 Å². The zero-order chi connectivity index (χ0) is 11.1. The standard InChI is InChI=1S/C13H8ClNO/c14-10-3-1-2-8-4-5-9-6-7-11(16)15-13(9)12(8)10/h1-7H,(H,15,16). The van der Waals surface area contributed by atoms with Gasteiger partial charge in [0.2, 0.25) is 5.56 Å². The second kappa shape index (κ2) is 3.35. The van der Waals surface area contributed by atoms with Gasteiger partial charge < -0.3 is 4.98 Å². The number of halogens is 1. The maximum absolute atomic E-state index is 11.3. The summed E-state index contributed by atoms with van der Waals surface area (Å²) in [5.41, 5.74) is 0.690. The van der Waals surface area contributed by atoms with Gasteiger partial charge in [-0.05, 0) is 22.9 Å². The molecule has 0 unspecified atom stereocenters. The topological polar surface area (TPSA) is 32.9 Å². The Bertz CT molecular complexity index is 746. The second-order valence-corrected chi connectivity index (χ2v) is 4.10. The Morgan fingerprint density at radius 2 is 1.69 bits per heavy atom. The van der Waals surface area contributed by atoms with Crippen molar-refractivity contribution in [2.24, 2.45) is 0 Å². The minimum absolute atomic E-state index is 0.111. The Balaban J connectivity index is 2.66. The molecule has 0 aliphatic carbocycles. The van der Waals surface area contributed by atoms with Gasteiger partial charge in [-0.2, -0.15) is 0 Å². The van der Waals surface area contributed by atoms with E-state index in [0.717, 1.165) is 21.7 Å². The van der Waals surface area contributed by atoms with Gasteiger partial charge >= 0.3 is 0 Å². The van der Waals surface area contributed by atoms with Gasteiger partial charge in [-0.3, -0.25) is 4.79 Å². The van der Waals surface area contributed by atoms with Crippen molar-refractivity contribution in [2.75, 3.05) is 0 Å². The third-order valence-corrected chi connectivity index (χ3v) is 3.00. The van der Waals surface area contributed by atoms with E-state index in [2.05, 4.69) is 4.98 Å². The highest BCUT2D eigenvalue weighted by Gasteiger charge is 2.04. The zero-order valence-electron chi connectivity index (χ0n) is 8.33. The number of rotatable bonds is 0. The van der Waals surface area contributed by atoms with Crippen LogP contribution >= 0.6 is 11.6 Å². The van der Waals surface area contributed by atoms with Gasteiger partial charge in [0, 0.05) is 11.5 Å². The molecule has 1 N–H and O–H groups in total. The Morgan fingerprint density at radius 3 is 2.56 bits per heavy atom. The van der Waals surface area contributed by atoms with Crippen LogP contribution in [0.2, 0.25) is 5.02 Å². The molecule has 2 nitrogen and oxygen atoms in total. The number of nitrogens with one attached hydrogen (secondary N) is 1. The van der Waals surface area contributed by atoms with E-state index >= 15 is 0 Å². The molecule has 0 spiro atoms. The van der Waals surface area contributed by atoms with Gasteiger partial charge in [-0.1, -0.05) is 35.9 Å². The Hall–Kier alpha value is -1.80. The zero-order valence-corrected chi connectivity index (χ0v) is 9.08. The molecule has 0 radical (unpaired) electrons. The Kier molecular flexibility index (Phi) is 1.98. The summed E-state index contributed by atoms with van der Waals surface area (Å²) in [6, 6.07) is 13.0. The van der Waals surface area contributed by atoms with Crippen molar-refractivity contribution < 1.29 is 0 Å². The first kappa shape index (κ1) is 9.43. The fourth-order valence-electron chi connectivity index (χ4n) is 1.95. The summed E-state index contributed by atoms with van der Waals surface area (Å²) < 4.78 is 0. The molecule has 0 aliphatic rings. The molecule has 1 aromatic heterocycles. The monoisotopic (exact) mass is 229 g/mol. The smallest absolute Gasteiger partial charge is 0.248 e. The molecule has 3 heteroatoms. The molecular formula is C13H8ClNO. The molecule has 0 atom stereocenters. The van der Waals surface area contributed by atoms with Gasteiger partial charge in [0.25, 0.3) is 0 Å². The van der Waals surface area contributed by atoms with Crippen molar-refractivity contribution in [3.05, 3.63) is 57.8 Å². The fourth-order valence-corrected chi connectivity index (χ4v) is 2.23. The highest BCUT2D eigenvalue weighted by Crippen LogP contribution is 2.28. The molecular weight excluding hydrogens is 222 g/mol. The number of hydrogen-bond donors (Lipinski definition) is 1. The fraction of sp³-hybridized carbons (Fsp3) is 0. The lowest BCUT2D eigenvalue weighted by molar-refractivity contribution is 1.32. The van der Waals surface area contributed by atoms with Gasteiger partial charge in [0.1, 0.15) is 0 Å². The van der Waals surface area contributed by atoms with Crippen LogP contribution in [0.25, 0.3) is 21.7 Å². The second-order valence-electron chi connectivity index (χ2n) is 3.69. The molecule has 16 heavy (non-hydrogen) atoms. The SMILES string of the molecule is O=c1ccc2ccc3cccc(Cl)c3c2[nH]1. The lowest BCUT2D eigenvalue weighted by atomic mass is 10.1. The van der Waals surface area contributed by atoms with E-state index < -0.39 is 0 Å². The lowest BCUT2D eigenvalue weighted by Crippen LogP contribution is -2.02. The summed E-state index contributed by atoms with van der Waals surface area (Å²) in [5, 5.41) is 3.58. The average molecular weight is 230 g/mol. The first-order valence-electron chi connectivity index (χ1n) is 4.96. The summed E-state index contributed by atoms with van der Waals surface area (Å²) in [6.45, 7) is 0. The van der Waals surface area contributed by atoms with Gasteiger partial charge in [-0.15, -0.1) is 0 Å². The van der Waals surface area contributed by atoms with Crippen molar-refractivity contribution in [3.8, 4) is 0 Å². The van der Waals surface area contributed by atoms with E-state index in [9.17, 15) is 4.79 Å². The van der Waals surface area contributed by atoms with Gasteiger partial charge in [0.05, 0.1) is 10.5 Å². The van der Waals surface area contributed by atoms with E-state index in [-0.39, 0.29) is 5.56 Å². The molecule has 0 amide bonds. The van der Waals surface area contributed by atoms with Crippen LogP contribution in [0.3, 0.4) is 0 Å². The maximum atomic E-state index is 11.3. The molecule has 78 valence electrons. The van der Waals surface area contributed by atoms with Crippen LogP contribution in [0, 0.1) is 0 Å². The predicted molar refractivity (Wildman–Crippen MR) is 67.1 cm³/mol. The molecule has 0 bridgehead atoms. The normalized spacial score (nSPS) is 11.1. The third kappa shape index (κ3) is 1.31. The summed E-state index contributed by atoms with van der Waals surface area (Å²) in [7, 11) is 0. The minimum atomic E-state index is -0.111. The summed E-state index contributed by atoms with van der Waals surface area (Å²) >= 11 is 6.17. The number of aromatic amines is 1. The van der Waals surface area contributed by atoms with Crippen molar-refractivity contribution in [2.45, 2.75) is 0 Å². The molecule has 2 aromatic carbocycles. The minimum Gasteiger partial charge on any atom is -0.321 e. The molecule has 0 saturated heterocycles. The van der Waals surface area contributed by atoms with Crippen molar-refractivity contribution in [3.63, 3.8) is 0 Å². The summed E-state index contributed by atoms with van der Waals surface area (Å²) in [5.74, 6) is 0. The maximum Gasteiger partial charge on any atom is 0.248 e. The van der Waals surface area contributed by atoms with Gasteiger partial charge in [-0.25, -0.2) is 0 Å². The number of hydrogen-bond acceptors (Lipinski definition) is 1. The summed E-state index contributed by atoms with van der Waals surface area (Å²) in [4.78, 5) is 14.2. The molecule has 0 aliphatic heterocycles. The molecule has 3 aromatic rings. The number of pyridine rings is 1. The van der Waals surface area contributed by atoms with Crippen molar-refractivity contribution in [1.82, 2.24) is 4.98 Å². The Morgan fingerprint density at radius 1 is 0.938 bits per heavy atom. The molecule has 0 saturated carbocycles. The van der Waals surface area contributed by atoms with Crippen LogP contribution in [0.5, 0.6) is 0 Å². The van der Waals surface area contributed by atoms with E-state index in [4.69, 9.17) is 11.6 Å². The molecule has 0 fully saturated rings. The van der Waals surface area contributed by atoms with Crippen LogP contribution in [0.1, 0.15) is 0 Å². The third-order valence-electron chi connectivity index (χ3n) is 2.69.